The average Bonchev–Trinajstić information content (AvgIpc) is 2.93. The number of hydrogen-bond donors (Lipinski definition) is 1. The fraction of sp³-hybridized carbons (Fsp3) is 0.474. The minimum atomic E-state index is -0.0437. The second-order valence-electron chi connectivity index (χ2n) is 6.70. The molecule has 2 heterocycles. The number of nitrogens with zero attached hydrogens (tertiary/aromatic N) is 3. The minimum absolute atomic E-state index is 0.0437. The molecule has 1 N–H and O–H groups in total. The number of likely N-dealkylation sites (tertiary alicyclic amines) is 1. The molecule has 1 fully saturated rings. The molecular formula is C19H26N4O2. The second kappa shape index (κ2) is 7.59. The van der Waals surface area contributed by atoms with Gasteiger partial charge in [0.05, 0.1) is 12.8 Å². The maximum absolute atomic E-state index is 12.4. The Morgan fingerprint density at radius 1 is 1.28 bits per heavy atom. The molecule has 3 rings (SSSR count). The van der Waals surface area contributed by atoms with Crippen molar-refractivity contribution < 1.29 is 9.53 Å². The number of hydrogen-bond acceptors (Lipinski definition) is 3. The summed E-state index contributed by atoms with van der Waals surface area (Å²) in [6.45, 7) is 6.61. The third-order valence-electron chi connectivity index (χ3n) is 4.76. The lowest BCUT2D eigenvalue weighted by molar-refractivity contribution is 0.175. The number of amides is 2. The summed E-state index contributed by atoms with van der Waals surface area (Å²) in [4.78, 5) is 14.3. The number of benzene rings is 1. The molecule has 0 unspecified atom stereocenters. The van der Waals surface area contributed by atoms with Crippen molar-refractivity contribution >= 4 is 11.7 Å². The number of aromatic nitrogens is 2. The summed E-state index contributed by atoms with van der Waals surface area (Å²) in [7, 11) is 1.62. The van der Waals surface area contributed by atoms with Crippen LogP contribution < -0.4 is 10.1 Å². The van der Waals surface area contributed by atoms with E-state index >= 15 is 0 Å². The normalized spacial score (nSPS) is 15.2. The van der Waals surface area contributed by atoms with Crippen LogP contribution >= 0.6 is 0 Å². The molecule has 0 atom stereocenters. The maximum Gasteiger partial charge on any atom is 0.321 e. The van der Waals surface area contributed by atoms with Crippen molar-refractivity contribution in [3.8, 4) is 5.75 Å². The highest BCUT2D eigenvalue weighted by Gasteiger charge is 2.23. The first-order chi connectivity index (χ1) is 12.0. The summed E-state index contributed by atoms with van der Waals surface area (Å²) in [5.41, 5.74) is 3.03. The monoisotopic (exact) mass is 342 g/mol. The largest absolute Gasteiger partial charge is 0.497 e. The van der Waals surface area contributed by atoms with Crippen LogP contribution in [-0.4, -0.2) is 40.9 Å². The zero-order chi connectivity index (χ0) is 17.8. The SMILES string of the molecule is COc1cccc(NC(=O)N2CCC(Cn3nc(C)cc3C)CC2)c1. The summed E-state index contributed by atoms with van der Waals surface area (Å²) in [6, 6.07) is 9.49. The van der Waals surface area contributed by atoms with Crippen LogP contribution in [0, 0.1) is 19.8 Å². The van der Waals surface area contributed by atoms with Crippen molar-refractivity contribution in [1.29, 1.82) is 0 Å². The second-order valence-corrected chi connectivity index (χ2v) is 6.70. The predicted octanol–water partition coefficient (Wildman–Crippen LogP) is 3.45. The van der Waals surface area contributed by atoms with Gasteiger partial charge in [-0.05, 0) is 50.8 Å². The molecule has 1 aliphatic heterocycles. The van der Waals surface area contributed by atoms with Crippen LogP contribution in [0.4, 0.5) is 10.5 Å². The van der Waals surface area contributed by atoms with Crippen LogP contribution in [-0.2, 0) is 6.54 Å². The molecule has 0 aliphatic carbocycles. The maximum atomic E-state index is 12.4. The Bertz CT molecular complexity index is 733. The molecule has 1 aromatic heterocycles. The highest BCUT2D eigenvalue weighted by atomic mass is 16.5. The van der Waals surface area contributed by atoms with Crippen molar-refractivity contribution in [3.05, 3.63) is 41.7 Å². The Morgan fingerprint density at radius 2 is 2.04 bits per heavy atom. The molecule has 6 heteroatoms. The van der Waals surface area contributed by atoms with Crippen molar-refractivity contribution in [3.63, 3.8) is 0 Å². The van der Waals surface area contributed by atoms with Crippen molar-refractivity contribution in [2.75, 3.05) is 25.5 Å². The van der Waals surface area contributed by atoms with E-state index in [0.29, 0.717) is 5.92 Å². The Hall–Kier alpha value is -2.50. The van der Waals surface area contributed by atoms with Crippen LogP contribution in [0.3, 0.4) is 0 Å². The molecule has 1 aromatic carbocycles. The van der Waals surface area contributed by atoms with E-state index in [1.54, 1.807) is 7.11 Å². The van der Waals surface area contributed by atoms with E-state index in [-0.39, 0.29) is 6.03 Å². The van der Waals surface area contributed by atoms with Crippen molar-refractivity contribution in [1.82, 2.24) is 14.7 Å². The summed E-state index contributed by atoms with van der Waals surface area (Å²) < 4.78 is 7.28. The molecule has 2 amide bonds. The van der Waals surface area contributed by atoms with Gasteiger partial charge in [0.2, 0.25) is 0 Å². The molecule has 0 radical (unpaired) electrons. The quantitative estimate of drug-likeness (QED) is 0.926. The Morgan fingerprint density at radius 3 is 2.68 bits per heavy atom. The molecule has 2 aromatic rings. The summed E-state index contributed by atoms with van der Waals surface area (Å²) in [6.07, 6.45) is 2.01. The zero-order valence-corrected chi connectivity index (χ0v) is 15.2. The Balaban J connectivity index is 1.51. The van der Waals surface area contributed by atoms with Crippen molar-refractivity contribution in [2.24, 2.45) is 5.92 Å². The first kappa shape index (κ1) is 17.3. The molecular weight excluding hydrogens is 316 g/mol. The molecule has 6 nitrogen and oxygen atoms in total. The lowest BCUT2D eigenvalue weighted by Crippen LogP contribution is -2.41. The van der Waals surface area contributed by atoms with Gasteiger partial charge in [-0.2, -0.15) is 5.10 Å². The van der Waals surface area contributed by atoms with Gasteiger partial charge in [0, 0.05) is 37.1 Å². The number of carbonyl (C=O) groups excluding carboxylic acids is 1. The van der Waals surface area contributed by atoms with E-state index in [4.69, 9.17) is 4.74 Å². The Labute approximate surface area is 148 Å². The first-order valence-electron chi connectivity index (χ1n) is 8.76. The number of urea groups is 1. The van der Waals surface area contributed by atoms with Crippen LogP contribution in [0.5, 0.6) is 5.75 Å². The van der Waals surface area contributed by atoms with Crippen LogP contribution in [0.25, 0.3) is 0 Å². The number of aryl methyl sites for hydroxylation is 2. The lowest BCUT2D eigenvalue weighted by Gasteiger charge is -2.32. The van der Waals surface area contributed by atoms with Crippen LogP contribution in [0.1, 0.15) is 24.2 Å². The lowest BCUT2D eigenvalue weighted by atomic mass is 9.97. The molecule has 0 spiro atoms. The van der Waals surface area contributed by atoms with Gasteiger partial charge in [-0.3, -0.25) is 4.68 Å². The van der Waals surface area contributed by atoms with Gasteiger partial charge in [0.1, 0.15) is 5.75 Å². The zero-order valence-electron chi connectivity index (χ0n) is 15.2. The predicted molar refractivity (Wildman–Crippen MR) is 98.0 cm³/mol. The van der Waals surface area contributed by atoms with E-state index in [1.807, 2.05) is 36.1 Å². The number of carbonyl (C=O) groups is 1. The number of anilines is 1. The highest BCUT2D eigenvalue weighted by Crippen LogP contribution is 2.22. The van der Waals surface area contributed by atoms with E-state index < -0.39 is 0 Å². The van der Waals surface area contributed by atoms with Gasteiger partial charge < -0.3 is 15.0 Å². The van der Waals surface area contributed by atoms with Gasteiger partial charge in [-0.1, -0.05) is 6.07 Å². The molecule has 1 aliphatic rings. The molecule has 25 heavy (non-hydrogen) atoms. The van der Waals surface area contributed by atoms with Gasteiger partial charge >= 0.3 is 6.03 Å². The standard InChI is InChI=1S/C19H26N4O2/c1-14-11-15(2)23(21-14)13-16-7-9-22(10-8-16)19(24)20-17-5-4-6-18(12-17)25-3/h4-6,11-12,16H,7-10,13H2,1-3H3,(H,20,24). The summed E-state index contributed by atoms with van der Waals surface area (Å²) in [5, 5.41) is 7.50. The van der Waals surface area contributed by atoms with Gasteiger partial charge in [-0.25, -0.2) is 4.79 Å². The number of ether oxygens (including phenoxy) is 1. The smallest absolute Gasteiger partial charge is 0.321 e. The number of nitrogens with one attached hydrogen (secondary N) is 1. The summed E-state index contributed by atoms with van der Waals surface area (Å²) in [5.74, 6) is 1.31. The molecule has 0 saturated carbocycles. The third kappa shape index (κ3) is 4.32. The molecule has 134 valence electrons. The fourth-order valence-corrected chi connectivity index (χ4v) is 3.33. The van der Waals surface area contributed by atoms with E-state index in [2.05, 4.69) is 28.1 Å². The fourth-order valence-electron chi connectivity index (χ4n) is 3.33. The molecule has 1 saturated heterocycles. The van der Waals surface area contributed by atoms with Gasteiger partial charge in [-0.15, -0.1) is 0 Å². The van der Waals surface area contributed by atoms with E-state index in [9.17, 15) is 4.79 Å². The third-order valence-corrected chi connectivity index (χ3v) is 4.76. The van der Waals surface area contributed by atoms with Gasteiger partial charge in [0.25, 0.3) is 0 Å². The van der Waals surface area contributed by atoms with E-state index in [1.165, 1.54) is 5.69 Å². The highest BCUT2D eigenvalue weighted by molar-refractivity contribution is 5.89. The minimum Gasteiger partial charge on any atom is -0.497 e. The topological polar surface area (TPSA) is 59.4 Å². The molecule has 0 bridgehead atoms. The number of rotatable bonds is 4. The number of methoxy groups -OCH3 is 1. The van der Waals surface area contributed by atoms with E-state index in [0.717, 1.165) is 49.6 Å². The first-order valence-corrected chi connectivity index (χ1v) is 8.76. The van der Waals surface area contributed by atoms with Gasteiger partial charge in [0.15, 0.2) is 0 Å². The number of piperidine rings is 1. The Kier molecular flexibility index (Phi) is 5.26. The average molecular weight is 342 g/mol. The van der Waals surface area contributed by atoms with Crippen LogP contribution in [0.15, 0.2) is 30.3 Å². The van der Waals surface area contributed by atoms with Crippen molar-refractivity contribution in [2.45, 2.75) is 33.2 Å². The van der Waals surface area contributed by atoms with Crippen LogP contribution in [0.2, 0.25) is 0 Å². The summed E-state index contributed by atoms with van der Waals surface area (Å²) >= 11 is 0.